The van der Waals surface area contributed by atoms with Crippen LogP contribution in [0.2, 0.25) is 0 Å². The van der Waals surface area contributed by atoms with E-state index in [4.69, 9.17) is 0 Å². The zero-order valence-electron chi connectivity index (χ0n) is 18.0. The summed E-state index contributed by atoms with van der Waals surface area (Å²) in [6.07, 6.45) is 4.07. The number of benzene rings is 2. The number of amides is 1. The van der Waals surface area contributed by atoms with Gasteiger partial charge in [0.15, 0.2) is 5.16 Å². The zero-order valence-corrected chi connectivity index (χ0v) is 18.9. The van der Waals surface area contributed by atoms with Gasteiger partial charge in [0, 0.05) is 17.9 Å². The summed E-state index contributed by atoms with van der Waals surface area (Å²) in [5, 5.41) is 12.5. The van der Waals surface area contributed by atoms with Crippen molar-refractivity contribution >= 4 is 23.4 Å². The van der Waals surface area contributed by atoms with Gasteiger partial charge in [0.05, 0.1) is 13.1 Å². The highest BCUT2D eigenvalue weighted by molar-refractivity contribution is 7.99. The maximum atomic E-state index is 13.3. The lowest BCUT2D eigenvalue weighted by Gasteiger charge is -2.26. The average molecular weight is 454 g/mol. The molecule has 1 N–H and O–H groups in total. The minimum atomic E-state index is -0.368. The molecule has 0 spiro atoms. The zero-order chi connectivity index (χ0) is 22.2. The number of halogens is 1. The molecular formula is C24H28FN5OS. The quantitative estimate of drug-likeness (QED) is 0.481. The Morgan fingerprint density at radius 2 is 1.81 bits per heavy atom. The van der Waals surface area contributed by atoms with Crippen LogP contribution < -0.4 is 5.32 Å². The van der Waals surface area contributed by atoms with Gasteiger partial charge < -0.3 is 9.88 Å². The molecule has 0 radical (unpaired) electrons. The second kappa shape index (κ2) is 11.2. The van der Waals surface area contributed by atoms with Crippen molar-refractivity contribution in [1.29, 1.82) is 0 Å². The van der Waals surface area contributed by atoms with Crippen molar-refractivity contribution in [3.63, 3.8) is 0 Å². The fraction of sp³-hybridized carbons (Fsp3) is 0.375. The fourth-order valence-electron chi connectivity index (χ4n) is 3.81. The molecule has 6 nitrogen and oxygen atoms in total. The van der Waals surface area contributed by atoms with Gasteiger partial charge in [-0.1, -0.05) is 54.6 Å². The molecule has 1 amide bonds. The van der Waals surface area contributed by atoms with E-state index in [9.17, 15) is 9.18 Å². The summed E-state index contributed by atoms with van der Waals surface area (Å²) in [7, 11) is 0. The molecule has 4 rings (SSSR count). The van der Waals surface area contributed by atoms with Gasteiger partial charge in [-0.05, 0) is 49.7 Å². The molecule has 2 heterocycles. The first-order valence-corrected chi connectivity index (χ1v) is 12.0. The van der Waals surface area contributed by atoms with Crippen LogP contribution in [0.5, 0.6) is 0 Å². The number of hydrogen-bond donors (Lipinski definition) is 1. The minimum absolute atomic E-state index is 0.147. The van der Waals surface area contributed by atoms with Crippen molar-refractivity contribution in [2.75, 3.05) is 24.2 Å². The number of anilines is 1. The van der Waals surface area contributed by atoms with E-state index in [2.05, 4.69) is 37.1 Å². The third-order valence-electron chi connectivity index (χ3n) is 5.46. The Hall–Kier alpha value is -2.71. The second-order valence-electron chi connectivity index (χ2n) is 7.96. The number of thioether (sulfide) groups is 1. The molecule has 1 fully saturated rings. The van der Waals surface area contributed by atoms with Crippen LogP contribution in [0.1, 0.15) is 37.1 Å². The van der Waals surface area contributed by atoms with Crippen LogP contribution >= 0.6 is 11.8 Å². The molecule has 1 aliphatic heterocycles. The Morgan fingerprint density at radius 1 is 1.00 bits per heavy atom. The van der Waals surface area contributed by atoms with Gasteiger partial charge >= 0.3 is 0 Å². The first-order chi connectivity index (χ1) is 15.7. The van der Waals surface area contributed by atoms with E-state index < -0.39 is 0 Å². The molecule has 8 heteroatoms. The molecule has 1 aliphatic rings. The summed E-state index contributed by atoms with van der Waals surface area (Å²) >= 11 is 1.53. The molecule has 32 heavy (non-hydrogen) atoms. The number of likely N-dealkylation sites (tertiary alicyclic amines) is 1. The van der Waals surface area contributed by atoms with E-state index in [0.717, 1.165) is 30.6 Å². The predicted octanol–water partition coefficient (Wildman–Crippen LogP) is 4.57. The summed E-state index contributed by atoms with van der Waals surface area (Å²) in [5.74, 6) is 1.01. The van der Waals surface area contributed by atoms with Crippen molar-refractivity contribution in [1.82, 2.24) is 19.7 Å². The molecule has 1 aromatic heterocycles. The van der Waals surface area contributed by atoms with E-state index >= 15 is 0 Å². The van der Waals surface area contributed by atoms with Crippen LogP contribution in [-0.2, 0) is 17.9 Å². The number of nitrogens with zero attached hydrogens (tertiary/aromatic N) is 4. The number of nitrogens with one attached hydrogen (secondary N) is 1. The Balaban J connectivity index is 1.39. The fourth-order valence-corrected chi connectivity index (χ4v) is 4.70. The molecule has 0 atom stereocenters. The molecule has 1 saturated heterocycles. The van der Waals surface area contributed by atoms with E-state index in [0.29, 0.717) is 24.4 Å². The van der Waals surface area contributed by atoms with Gasteiger partial charge in [0.25, 0.3) is 0 Å². The van der Waals surface area contributed by atoms with Crippen molar-refractivity contribution in [2.24, 2.45) is 0 Å². The topological polar surface area (TPSA) is 63.1 Å². The third kappa shape index (κ3) is 6.40. The summed E-state index contributed by atoms with van der Waals surface area (Å²) in [4.78, 5) is 14.7. The van der Waals surface area contributed by atoms with E-state index in [1.807, 2.05) is 18.2 Å². The molecule has 2 aromatic carbocycles. The van der Waals surface area contributed by atoms with Crippen molar-refractivity contribution in [3.05, 3.63) is 71.8 Å². The van der Waals surface area contributed by atoms with Crippen LogP contribution in [0.4, 0.5) is 10.1 Å². The molecule has 0 bridgehead atoms. The summed E-state index contributed by atoms with van der Waals surface area (Å²) < 4.78 is 15.5. The molecule has 3 aromatic rings. The third-order valence-corrected chi connectivity index (χ3v) is 6.43. The predicted molar refractivity (Wildman–Crippen MR) is 125 cm³/mol. The Bertz CT molecular complexity index is 1020. The number of hydrogen-bond acceptors (Lipinski definition) is 5. The number of carbonyl (C=O) groups is 1. The van der Waals surface area contributed by atoms with E-state index in [1.54, 1.807) is 12.1 Å². The number of carbonyl (C=O) groups excluding carboxylic acids is 1. The number of piperidine rings is 1. The van der Waals surface area contributed by atoms with Crippen molar-refractivity contribution in [3.8, 4) is 0 Å². The van der Waals surface area contributed by atoms with Gasteiger partial charge in [-0.25, -0.2) is 4.39 Å². The highest BCUT2D eigenvalue weighted by atomic mass is 32.2. The van der Waals surface area contributed by atoms with Crippen LogP contribution in [0.25, 0.3) is 0 Å². The van der Waals surface area contributed by atoms with Gasteiger partial charge in [-0.3, -0.25) is 9.69 Å². The standard InChI is InChI=1S/C24H28FN5OS/c25-20-10-7-11-21(16-20)26-23(31)12-15-32-24-28-27-22(18-29-13-5-2-6-14-29)30(24)17-19-8-3-1-4-9-19/h1,3-4,7-11,16H,2,5-6,12-15,17-18H2,(H,26,31). The molecule has 168 valence electrons. The Labute approximate surface area is 192 Å². The SMILES string of the molecule is O=C(CCSc1nnc(CN2CCCCC2)n1Cc1ccccc1)Nc1cccc(F)c1. The maximum absolute atomic E-state index is 13.3. The van der Waals surface area contributed by atoms with Crippen LogP contribution in [0.15, 0.2) is 59.8 Å². The van der Waals surface area contributed by atoms with Gasteiger partial charge in [0.1, 0.15) is 11.6 Å². The van der Waals surface area contributed by atoms with Crippen molar-refractivity contribution in [2.45, 2.75) is 43.9 Å². The van der Waals surface area contributed by atoms with Crippen LogP contribution in [-0.4, -0.2) is 44.4 Å². The van der Waals surface area contributed by atoms with Gasteiger partial charge in [0.2, 0.25) is 5.91 Å². The Kier molecular flexibility index (Phi) is 7.90. The highest BCUT2D eigenvalue weighted by Gasteiger charge is 2.18. The number of aromatic nitrogens is 3. The normalized spacial score (nSPS) is 14.4. The minimum Gasteiger partial charge on any atom is -0.326 e. The highest BCUT2D eigenvalue weighted by Crippen LogP contribution is 2.22. The summed E-state index contributed by atoms with van der Waals surface area (Å²) in [5.41, 5.74) is 1.66. The largest absolute Gasteiger partial charge is 0.326 e. The maximum Gasteiger partial charge on any atom is 0.225 e. The first-order valence-electron chi connectivity index (χ1n) is 11.0. The molecular weight excluding hydrogens is 425 g/mol. The average Bonchev–Trinajstić information content (AvgIpc) is 3.16. The lowest BCUT2D eigenvalue weighted by molar-refractivity contribution is -0.115. The van der Waals surface area contributed by atoms with Gasteiger partial charge in [-0.2, -0.15) is 0 Å². The first kappa shape index (κ1) is 22.5. The Morgan fingerprint density at radius 3 is 2.59 bits per heavy atom. The second-order valence-corrected chi connectivity index (χ2v) is 9.03. The van der Waals surface area contributed by atoms with Gasteiger partial charge in [-0.15, -0.1) is 10.2 Å². The van der Waals surface area contributed by atoms with E-state index in [-0.39, 0.29) is 11.7 Å². The van der Waals surface area contributed by atoms with Crippen molar-refractivity contribution < 1.29 is 9.18 Å². The van der Waals surface area contributed by atoms with Crippen LogP contribution in [0, 0.1) is 5.82 Å². The van der Waals surface area contributed by atoms with E-state index in [1.165, 1.54) is 48.7 Å². The number of rotatable bonds is 9. The smallest absolute Gasteiger partial charge is 0.225 e. The monoisotopic (exact) mass is 453 g/mol. The van der Waals surface area contributed by atoms with Crippen LogP contribution in [0.3, 0.4) is 0 Å². The summed E-state index contributed by atoms with van der Waals surface area (Å²) in [6, 6.07) is 16.2. The molecule has 0 unspecified atom stereocenters. The summed E-state index contributed by atoms with van der Waals surface area (Å²) in [6.45, 7) is 3.69. The lowest BCUT2D eigenvalue weighted by atomic mass is 10.1. The molecule has 0 saturated carbocycles. The lowest BCUT2D eigenvalue weighted by Crippen LogP contribution is -2.30. The molecule has 0 aliphatic carbocycles.